The van der Waals surface area contributed by atoms with Crippen LogP contribution in [0.4, 0.5) is 4.79 Å². The summed E-state index contributed by atoms with van der Waals surface area (Å²) in [6.45, 7) is 0.386. The summed E-state index contributed by atoms with van der Waals surface area (Å²) in [6, 6.07) is 10.7. The van der Waals surface area contributed by atoms with Crippen LogP contribution in [0.1, 0.15) is 24.8 Å². The Hall–Kier alpha value is -1.55. The third-order valence-electron chi connectivity index (χ3n) is 4.02. The number of aliphatic hydroxyl groups is 1. The van der Waals surface area contributed by atoms with E-state index in [2.05, 4.69) is 29.6 Å². The largest absolute Gasteiger partial charge is 0.395 e. The van der Waals surface area contributed by atoms with Gasteiger partial charge in [0.1, 0.15) is 0 Å². The number of nitrogens with one attached hydrogen (secondary N) is 1. The smallest absolute Gasteiger partial charge is 0.317 e. The molecule has 1 saturated carbocycles. The maximum Gasteiger partial charge on any atom is 0.317 e. The zero-order chi connectivity index (χ0) is 14.4. The quantitative estimate of drug-likeness (QED) is 0.864. The Morgan fingerprint density at radius 3 is 2.80 bits per heavy atom. The van der Waals surface area contributed by atoms with E-state index in [9.17, 15) is 4.79 Å². The third kappa shape index (κ3) is 4.23. The predicted octanol–water partition coefficient (Wildman–Crippen LogP) is 2.03. The third-order valence-corrected chi connectivity index (χ3v) is 4.02. The summed E-state index contributed by atoms with van der Waals surface area (Å²) in [5, 5.41) is 11.9. The molecule has 1 aromatic rings. The van der Waals surface area contributed by atoms with E-state index in [1.807, 2.05) is 6.07 Å². The summed E-state index contributed by atoms with van der Waals surface area (Å²) in [5.74, 6) is 0.658. The molecule has 0 bridgehead atoms. The van der Waals surface area contributed by atoms with E-state index in [0.29, 0.717) is 12.5 Å². The van der Waals surface area contributed by atoms with Crippen LogP contribution in [0.3, 0.4) is 0 Å². The van der Waals surface area contributed by atoms with Crippen molar-refractivity contribution in [2.24, 2.45) is 5.92 Å². The molecule has 1 fully saturated rings. The molecule has 4 heteroatoms. The van der Waals surface area contributed by atoms with E-state index < -0.39 is 0 Å². The fraction of sp³-hybridized carbons (Fsp3) is 0.562. The fourth-order valence-corrected chi connectivity index (χ4v) is 2.88. The summed E-state index contributed by atoms with van der Waals surface area (Å²) in [6.07, 6.45) is 4.37. The van der Waals surface area contributed by atoms with Crippen molar-refractivity contribution in [3.8, 4) is 0 Å². The van der Waals surface area contributed by atoms with Crippen LogP contribution in [0.5, 0.6) is 0 Å². The van der Waals surface area contributed by atoms with Gasteiger partial charge in [-0.3, -0.25) is 0 Å². The van der Waals surface area contributed by atoms with Crippen molar-refractivity contribution < 1.29 is 9.90 Å². The van der Waals surface area contributed by atoms with Gasteiger partial charge in [0.05, 0.1) is 6.61 Å². The first-order valence-electron chi connectivity index (χ1n) is 7.35. The molecule has 0 aromatic heterocycles. The molecule has 0 aliphatic heterocycles. The number of hydrogen-bond acceptors (Lipinski definition) is 2. The van der Waals surface area contributed by atoms with Crippen LogP contribution >= 0.6 is 0 Å². The van der Waals surface area contributed by atoms with E-state index in [1.54, 1.807) is 7.05 Å². The second-order valence-corrected chi connectivity index (χ2v) is 5.66. The molecule has 0 heterocycles. The lowest BCUT2D eigenvalue weighted by Gasteiger charge is -2.20. The van der Waals surface area contributed by atoms with Crippen LogP contribution in [-0.2, 0) is 6.42 Å². The average Bonchev–Trinajstić information content (AvgIpc) is 2.87. The van der Waals surface area contributed by atoms with Crippen LogP contribution in [0, 0.1) is 5.92 Å². The molecule has 2 rings (SSSR count). The summed E-state index contributed by atoms with van der Waals surface area (Å²) in [5.41, 5.74) is 1.38. The highest BCUT2D eigenvalue weighted by Gasteiger charge is 2.26. The molecular weight excluding hydrogens is 252 g/mol. The van der Waals surface area contributed by atoms with E-state index in [-0.39, 0.29) is 18.7 Å². The number of amides is 2. The maximum absolute atomic E-state index is 11.9. The van der Waals surface area contributed by atoms with Gasteiger partial charge in [-0.2, -0.15) is 0 Å². The highest BCUT2D eigenvalue weighted by molar-refractivity contribution is 5.74. The number of carbonyl (C=O) groups is 1. The van der Waals surface area contributed by atoms with Crippen LogP contribution in [0.2, 0.25) is 0 Å². The zero-order valence-corrected chi connectivity index (χ0v) is 12.1. The number of nitrogens with zero attached hydrogens (tertiary/aromatic N) is 1. The highest BCUT2D eigenvalue weighted by Crippen LogP contribution is 2.28. The van der Waals surface area contributed by atoms with Crippen molar-refractivity contribution >= 4 is 6.03 Å². The lowest BCUT2D eigenvalue weighted by Crippen LogP contribution is -2.43. The number of hydrogen-bond donors (Lipinski definition) is 2. The molecule has 0 saturated heterocycles. The predicted molar refractivity (Wildman–Crippen MR) is 79.5 cm³/mol. The van der Waals surface area contributed by atoms with Crippen molar-refractivity contribution in [3.05, 3.63) is 35.9 Å². The molecule has 0 spiro atoms. The Bertz CT molecular complexity index is 422. The van der Waals surface area contributed by atoms with Crippen LogP contribution < -0.4 is 5.32 Å². The molecule has 2 atom stereocenters. The number of carbonyl (C=O) groups excluding carboxylic acids is 1. The Labute approximate surface area is 120 Å². The average molecular weight is 276 g/mol. The van der Waals surface area contributed by atoms with Gasteiger partial charge in [-0.1, -0.05) is 30.3 Å². The van der Waals surface area contributed by atoms with Gasteiger partial charge in [0, 0.05) is 19.6 Å². The second-order valence-electron chi connectivity index (χ2n) is 5.66. The fourth-order valence-electron chi connectivity index (χ4n) is 2.88. The highest BCUT2D eigenvalue weighted by atomic mass is 16.3. The molecule has 0 unspecified atom stereocenters. The number of benzene rings is 1. The molecule has 20 heavy (non-hydrogen) atoms. The van der Waals surface area contributed by atoms with Gasteiger partial charge in [0.15, 0.2) is 0 Å². The summed E-state index contributed by atoms with van der Waals surface area (Å²) >= 11 is 0. The lowest BCUT2D eigenvalue weighted by atomic mass is 9.98. The Morgan fingerprint density at radius 2 is 2.10 bits per heavy atom. The first kappa shape index (κ1) is 14.9. The van der Waals surface area contributed by atoms with E-state index >= 15 is 0 Å². The first-order valence-corrected chi connectivity index (χ1v) is 7.35. The SMILES string of the molecule is CN(CCO)C(=O)N[C@@H]1CC[C@@H](Cc2ccccc2)C1. The Balaban J connectivity index is 1.76. The Kier molecular flexibility index (Phi) is 5.41. The number of urea groups is 1. The summed E-state index contributed by atoms with van der Waals surface area (Å²) < 4.78 is 0. The van der Waals surface area contributed by atoms with Crippen molar-refractivity contribution in [3.63, 3.8) is 0 Å². The molecule has 1 aliphatic carbocycles. The van der Waals surface area contributed by atoms with Gasteiger partial charge in [-0.15, -0.1) is 0 Å². The molecule has 110 valence electrons. The maximum atomic E-state index is 11.9. The molecule has 1 aromatic carbocycles. The van der Waals surface area contributed by atoms with Gasteiger partial charge >= 0.3 is 6.03 Å². The summed E-state index contributed by atoms with van der Waals surface area (Å²) in [4.78, 5) is 13.4. The molecule has 4 nitrogen and oxygen atoms in total. The monoisotopic (exact) mass is 276 g/mol. The normalized spacial score (nSPS) is 21.7. The van der Waals surface area contributed by atoms with E-state index in [1.165, 1.54) is 16.9 Å². The van der Waals surface area contributed by atoms with Crippen molar-refractivity contribution in [1.29, 1.82) is 0 Å². The van der Waals surface area contributed by atoms with E-state index in [0.717, 1.165) is 19.3 Å². The van der Waals surface area contributed by atoms with Crippen LogP contribution in [-0.4, -0.2) is 42.3 Å². The van der Waals surface area contributed by atoms with Crippen LogP contribution in [0.25, 0.3) is 0 Å². The van der Waals surface area contributed by atoms with Gasteiger partial charge in [0.2, 0.25) is 0 Å². The van der Waals surface area contributed by atoms with Crippen molar-refractivity contribution in [2.75, 3.05) is 20.2 Å². The molecule has 2 amide bonds. The van der Waals surface area contributed by atoms with Gasteiger partial charge in [0.25, 0.3) is 0 Å². The zero-order valence-electron chi connectivity index (χ0n) is 12.1. The molecule has 2 N–H and O–H groups in total. The minimum absolute atomic E-state index is 0.00518. The standard InChI is InChI=1S/C16H24N2O2/c1-18(9-10-19)16(20)17-15-8-7-14(12-15)11-13-5-3-2-4-6-13/h2-6,14-15,19H,7-12H2,1H3,(H,17,20)/t14-,15+/m0/s1. The Morgan fingerprint density at radius 1 is 1.35 bits per heavy atom. The molecule has 0 radical (unpaired) electrons. The number of aliphatic hydroxyl groups excluding tert-OH is 1. The van der Waals surface area contributed by atoms with Gasteiger partial charge < -0.3 is 15.3 Å². The topological polar surface area (TPSA) is 52.6 Å². The van der Waals surface area contributed by atoms with Crippen molar-refractivity contribution in [1.82, 2.24) is 10.2 Å². The van der Waals surface area contributed by atoms with E-state index in [4.69, 9.17) is 5.11 Å². The summed E-state index contributed by atoms with van der Waals surface area (Å²) in [7, 11) is 1.71. The lowest BCUT2D eigenvalue weighted by molar-refractivity contribution is 0.187. The van der Waals surface area contributed by atoms with Crippen molar-refractivity contribution in [2.45, 2.75) is 31.7 Å². The first-order chi connectivity index (χ1) is 9.69. The van der Waals surface area contributed by atoms with Crippen LogP contribution in [0.15, 0.2) is 30.3 Å². The molecular formula is C16H24N2O2. The molecule has 1 aliphatic rings. The number of rotatable bonds is 5. The minimum Gasteiger partial charge on any atom is -0.395 e. The van der Waals surface area contributed by atoms with Gasteiger partial charge in [-0.25, -0.2) is 4.79 Å². The van der Waals surface area contributed by atoms with Gasteiger partial charge in [-0.05, 0) is 37.2 Å². The second kappa shape index (κ2) is 7.29. The minimum atomic E-state index is -0.0792. The number of likely N-dealkylation sites (N-methyl/N-ethyl adjacent to an activating group) is 1.